The smallest absolute Gasteiger partial charge is 0.269 e. The maximum Gasteiger partial charge on any atom is 0.269 e. The normalized spacial score (nSPS) is 10.6. The first kappa shape index (κ1) is 16.3. The number of nitrogens with zero attached hydrogens (tertiary/aromatic N) is 2. The number of hydrazone groups is 1. The third-order valence-electron chi connectivity index (χ3n) is 3.25. The Hall–Kier alpha value is -3.09. The molecule has 1 N–H and O–H groups in total. The van der Waals surface area contributed by atoms with Gasteiger partial charge in [-0.05, 0) is 36.8 Å². The lowest BCUT2D eigenvalue weighted by Crippen LogP contribution is -1.97. The second kappa shape index (κ2) is 7.26. The van der Waals surface area contributed by atoms with Crippen LogP contribution in [0.4, 0.5) is 11.4 Å². The van der Waals surface area contributed by atoms with E-state index in [1.807, 2.05) is 19.1 Å². The van der Waals surface area contributed by atoms with Crippen LogP contribution in [0.15, 0.2) is 41.5 Å². The van der Waals surface area contributed by atoms with Crippen molar-refractivity contribution < 1.29 is 14.4 Å². The van der Waals surface area contributed by atoms with Crippen LogP contribution in [0.2, 0.25) is 0 Å². The molecule has 0 unspecified atom stereocenters. The molecule has 0 saturated heterocycles. The van der Waals surface area contributed by atoms with Crippen LogP contribution in [0.1, 0.15) is 11.1 Å². The molecule has 7 nitrogen and oxygen atoms in total. The third kappa shape index (κ3) is 3.97. The Morgan fingerprint density at radius 2 is 1.74 bits per heavy atom. The van der Waals surface area contributed by atoms with Gasteiger partial charge in [0.05, 0.1) is 31.0 Å². The minimum atomic E-state index is -0.444. The van der Waals surface area contributed by atoms with Crippen LogP contribution in [0, 0.1) is 17.0 Å². The molecule has 23 heavy (non-hydrogen) atoms. The van der Waals surface area contributed by atoms with Crippen LogP contribution >= 0.6 is 0 Å². The molecule has 0 bridgehead atoms. The number of benzene rings is 2. The van der Waals surface area contributed by atoms with Crippen molar-refractivity contribution in [3.8, 4) is 11.5 Å². The fourth-order valence-corrected chi connectivity index (χ4v) is 1.97. The number of anilines is 1. The standard InChI is InChI=1S/C16H17N3O4/c1-11-8-15(22-2)16(23-3)9-12(11)10-17-18-13-4-6-14(7-5-13)19(20)21/h4-10,18H,1-3H3. The van der Waals surface area contributed by atoms with E-state index in [-0.39, 0.29) is 5.69 Å². The molecule has 7 heteroatoms. The van der Waals surface area contributed by atoms with Gasteiger partial charge in [-0.3, -0.25) is 15.5 Å². The Balaban J connectivity index is 2.12. The molecule has 0 aliphatic carbocycles. The molecule has 0 aliphatic rings. The molecule has 2 aromatic rings. The molecule has 0 saturated carbocycles. The van der Waals surface area contributed by atoms with E-state index < -0.39 is 4.92 Å². The Kier molecular flexibility index (Phi) is 5.14. The van der Waals surface area contributed by atoms with Gasteiger partial charge in [0.2, 0.25) is 0 Å². The third-order valence-corrected chi connectivity index (χ3v) is 3.25. The van der Waals surface area contributed by atoms with Crippen molar-refractivity contribution in [2.24, 2.45) is 5.10 Å². The van der Waals surface area contributed by atoms with Crippen LogP contribution in [0.25, 0.3) is 0 Å². The molecule has 0 radical (unpaired) electrons. The lowest BCUT2D eigenvalue weighted by atomic mass is 10.1. The van der Waals surface area contributed by atoms with Gasteiger partial charge >= 0.3 is 0 Å². The van der Waals surface area contributed by atoms with Crippen molar-refractivity contribution in [3.63, 3.8) is 0 Å². The number of non-ortho nitro benzene ring substituents is 1. The molecule has 0 atom stereocenters. The molecule has 2 rings (SSSR count). The average molecular weight is 315 g/mol. The first-order valence-electron chi connectivity index (χ1n) is 6.81. The lowest BCUT2D eigenvalue weighted by Gasteiger charge is -2.10. The number of hydrogen-bond donors (Lipinski definition) is 1. The van der Waals surface area contributed by atoms with Crippen molar-refractivity contribution in [1.29, 1.82) is 0 Å². The van der Waals surface area contributed by atoms with E-state index in [1.54, 1.807) is 32.6 Å². The summed E-state index contributed by atoms with van der Waals surface area (Å²) in [6.45, 7) is 1.94. The number of hydrogen-bond acceptors (Lipinski definition) is 6. The van der Waals surface area contributed by atoms with Crippen molar-refractivity contribution in [1.82, 2.24) is 0 Å². The highest BCUT2D eigenvalue weighted by atomic mass is 16.6. The first-order chi connectivity index (χ1) is 11.0. The zero-order valence-electron chi connectivity index (χ0n) is 13.1. The zero-order chi connectivity index (χ0) is 16.8. The lowest BCUT2D eigenvalue weighted by molar-refractivity contribution is -0.384. The van der Waals surface area contributed by atoms with E-state index in [9.17, 15) is 10.1 Å². The topological polar surface area (TPSA) is 86.0 Å². The number of nitro benzene ring substituents is 1. The summed E-state index contributed by atoms with van der Waals surface area (Å²) in [5, 5.41) is 14.7. The van der Waals surface area contributed by atoms with Crippen molar-refractivity contribution in [2.45, 2.75) is 6.92 Å². The largest absolute Gasteiger partial charge is 0.493 e. The van der Waals surface area contributed by atoms with Gasteiger partial charge in [-0.15, -0.1) is 0 Å². The SMILES string of the molecule is COc1cc(C)c(C=NNc2ccc([N+](=O)[O-])cc2)cc1OC. The molecule has 2 aromatic carbocycles. The summed E-state index contributed by atoms with van der Waals surface area (Å²) in [6, 6.07) is 9.72. The molecule has 0 spiro atoms. The monoisotopic (exact) mass is 315 g/mol. The molecule has 0 fully saturated rings. The van der Waals surface area contributed by atoms with Gasteiger partial charge in [0.25, 0.3) is 5.69 Å². The Bertz CT molecular complexity index is 727. The van der Waals surface area contributed by atoms with Crippen LogP contribution in [-0.2, 0) is 0 Å². The number of rotatable bonds is 6. The van der Waals surface area contributed by atoms with Crippen molar-refractivity contribution >= 4 is 17.6 Å². The van der Waals surface area contributed by atoms with E-state index in [1.165, 1.54) is 12.1 Å². The molecule has 0 amide bonds. The fourth-order valence-electron chi connectivity index (χ4n) is 1.97. The molecular formula is C16H17N3O4. The van der Waals surface area contributed by atoms with E-state index in [0.29, 0.717) is 17.2 Å². The average Bonchev–Trinajstić information content (AvgIpc) is 2.56. The minimum Gasteiger partial charge on any atom is -0.493 e. The van der Waals surface area contributed by atoms with Crippen LogP contribution in [0.5, 0.6) is 11.5 Å². The number of ether oxygens (including phenoxy) is 2. The number of aryl methyl sites for hydroxylation is 1. The summed E-state index contributed by atoms with van der Waals surface area (Å²) in [5.74, 6) is 1.28. The highest BCUT2D eigenvalue weighted by Gasteiger charge is 2.07. The molecule has 0 heterocycles. The van der Waals surface area contributed by atoms with Gasteiger partial charge in [0.15, 0.2) is 11.5 Å². The highest BCUT2D eigenvalue weighted by molar-refractivity contribution is 5.83. The van der Waals surface area contributed by atoms with Gasteiger partial charge < -0.3 is 9.47 Å². The van der Waals surface area contributed by atoms with E-state index in [4.69, 9.17) is 9.47 Å². The predicted molar refractivity (Wildman–Crippen MR) is 88.6 cm³/mol. The van der Waals surface area contributed by atoms with E-state index in [2.05, 4.69) is 10.5 Å². The second-order valence-electron chi connectivity index (χ2n) is 4.74. The molecule has 120 valence electrons. The quantitative estimate of drug-likeness (QED) is 0.502. The maximum absolute atomic E-state index is 10.6. The molecular weight excluding hydrogens is 298 g/mol. The van der Waals surface area contributed by atoms with Crippen LogP contribution in [-0.4, -0.2) is 25.4 Å². The fraction of sp³-hybridized carbons (Fsp3) is 0.188. The first-order valence-corrected chi connectivity index (χ1v) is 6.81. The van der Waals surface area contributed by atoms with Gasteiger partial charge in [-0.1, -0.05) is 0 Å². The van der Waals surface area contributed by atoms with Crippen LogP contribution < -0.4 is 14.9 Å². The van der Waals surface area contributed by atoms with Gasteiger partial charge in [-0.2, -0.15) is 5.10 Å². The predicted octanol–water partition coefficient (Wildman–Crippen LogP) is 3.37. The summed E-state index contributed by atoms with van der Waals surface area (Å²) in [6.07, 6.45) is 1.65. The summed E-state index contributed by atoms with van der Waals surface area (Å²) in [7, 11) is 3.16. The number of nitrogens with one attached hydrogen (secondary N) is 1. The van der Waals surface area contributed by atoms with Gasteiger partial charge in [0.1, 0.15) is 0 Å². The Morgan fingerprint density at radius 1 is 1.13 bits per heavy atom. The highest BCUT2D eigenvalue weighted by Crippen LogP contribution is 2.29. The van der Waals surface area contributed by atoms with E-state index in [0.717, 1.165) is 11.1 Å². The summed E-state index contributed by atoms with van der Waals surface area (Å²) < 4.78 is 10.5. The number of nitro groups is 1. The number of methoxy groups -OCH3 is 2. The second-order valence-corrected chi connectivity index (χ2v) is 4.74. The summed E-state index contributed by atoms with van der Waals surface area (Å²) in [5.41, 5.74) is 5.38. The molecule has 0 aromatic heterocycles. The van der Waals surface area contributed by atoms with Crippen molar-refractivity contribution in [3.05, 3.63) is 57.6 Å². The zero-order valence-corrected chi connectivity index (χ0v) is 13.1. The van der Waals surface area contributed by atoms with E-state index >= 15 is 0 Å². The molecule has 0 aliphatic heterocycles. The summed E-state index contributed by atoms with van der Waals surface area (Å²) in [4.78, 5) is 10.2. The Morgan fingerprint density at radius 3 is 2.30 bits per heavy atom. The summed E-state index contributed by atoms with van der Waals surface area (Å²) >= 11 is 0. The van der Waals surface area contributed by atoms with Gasteiger partial charge in [0, 0.05) is 17.7 Å². The van der Waals surface area contributed by atoms with Crippen LogP contribution in [0.3, 0.4) is 0 Å². The minimum absolute atomic E-state index is 0.0373. The van der Waals surface area contributed by atoms with Gasteiger partial charge in [-0.25, -0.2) is 0 Å². The van der Waals surface area contributed by atoms with Crippen molar-refractivity contribution in [2.75, 3.05) is 19.6 Å². The maximum atomic E-state index is 10.6. The Labute approximate surface area is 133 Å².